The molecular formula is C29H31F3O2. The Labute approximate surface area is 199 Å². The summed E-state index contributed by atoms with van der Waals surface area (Å²) in [6.45, 7) is 2.26. The first-order valence-corrected chi connectivity index (χ1v) is 12.0. The molecule has 0 radical (unpaired) electrons. The second-order valence-corrected chi connectivity index (χ2v) is 9.57. The standard InChI is InChI=1S/C29H31F3O2/c1-19(25-9-5-7-21-6-3-4-8-26(21)25)16-20-10-11-23(17-20)24-13-12-22(14-15-28(33)34-2)27(18-24)29(30,31)32/h3-9,12-13,18-20,23H,10-11,14-17H2,1-2H3/t19-,20+,23+/m0/s1. The third-order valence-corrected chi connectivity index (χ3v) is 7.32. The second kappa shape index (κ2) is 10.2. The van der Waals surface area contributed by atoms with Crippen LogP contribution in [0.5, 0.6) is 0 Å². The Balaban J connectivity index is 1.46. The van der Waals surface area contributed by atoms with Crippen LogP contribution in [0.25, 0.3) is 10.8 Å². The molecule has 5 heteroatoms. The summed E-state index contributed by atoms with van der Waals surface area (Å²) in [6.07, 6.45) is -0.588. The van der Waals surface area contributed by atoms with E-state index in [9.17, 15) is 18.0 Å². The van der Waals surface area contributed by atoms with Gasteiger partial charge < -0.3 is 4.74 Å². The summed E-state index contributed by atoms with van der Waals surface area (Å²) in [5, 5.41) is 2.52. The molecule has 0 amide bonds. The molecule has 3 aromatic rings. The lowest BCUT2D eigenvalue weighted by atomic mass is 9.85. The SMILES string of the molecule is COC(=O)CCc1ccc([C@@H]2CC[C@H](C[C@H](C)c3cccc4ccccc34)C2)cc1C(F)(F)F. The van der Waals surface area contributed by atoms with Gasteiger partial charge in [-0.1, -0.05) is 61.5 Å². The highest BCUT2D eigenvalue weighted by atomic mass is 19.4. The van der Waals surface area contributed by atoms with Gasteiger partial charge in [0.05, 0.1) is 12.7 Å². The average Bonchev–Trinajstić information content (AvgIpc) is 3.29. The minimum absolute atomic E-state index is 0.0254. The Morgan fingerprint density at radius 2 is 1.82 bits per heavy atom. The topological polar surface area (TPSA) is 26.3 Å². The fraction of sp³-hybridized carbons (Fsp3) is 0.414. The average molecular weight is 469 g/mol. The molecule has 1 fully saturated rings. The maximum Gasteiger partial charge on any atom is 0.416 e. The molecule has 0 bridgehead atoms. The molecule has 4 rings (SSSR count). The molecule has 180 valence electrons. The van der Waals surface area contributed by atoms with Crippen LogP contribution >= 0.6 is 0 Å². The minimum atomic E-state index is -4.44. The summed E-state index contributed by atoms with van der Waals surface area (Å²) in [6, 6.07) is 19.5. The van der Waals surface area contributed by atoms with Gasteiger partial charge in [0, 0.05) is 6.42 Å². The molecule has 1 saturated carbocycles. The van der Waals surface area contributed by atoms with E-state index >= 15 is 0 Å². The van der Waals surface area contributed by atoms with Gasteiger partial charge >= 0.3 is 12.1 Å². The number of hydrogen-bond donors (Lipinski definition) is 0. The molecule has 0 aromatic heterocycles. The maximum atomic E-state index is 13.8. The van der Waals surface area contributed by atoms with E-state index in [0.717, 1.165) is 31.2 Å². The summed E-state index contributed by atoms with van der Waals surface area (Å²) in [5.41, 5.74) is 1.63. The van der Waals surface area contributed by atoms with E-state index in [1.807, 2.05) is 12.1 Å². The first kappa shape index (κ1) is 24.3. The first-order chi connectivity index (χ1) is 16.3. The number of alkyl halides is 3. The highest BCUT2D eigenvalue weighted by molar-refractivity contribution is 5.86. The summed E-state index contributed by atoms with van der Waals surface area (Å²) in [5.74, 6) is 0.519. The Kier molecular flexibility index (Phi) is 7.30. The van der Waals surface area contributed by atoms with Crippen LogP contribution in [-0.4, -0.2) is 13.1 Å². The summed E-state index contributed by atoms with van der Waals surface area (Å²) < 4.78 is 45.9. The van der Waals surface area contributed by atoms with E-state index in [4.69, 9.17) is 0 Å². The van der Waals surface area contributed by atoms with Gasteiger partial charge in [0.25, 0.3) is 0 Å². The lowest BCUT2D eigenvalue weighted by Crippen LogP contribution is -2.12. The monoisotopic (exact) mass is 468 g/mol. The number of fused-ring (bicyclic) bond motifs is 1. The first-order valence-electron chi connectivity index (χ1n) is 12.0. The smallest absolute Gasteiger partial charge is 0.416 e. The Bertz CT molecular complexity index is 1150. The molecule has 0 N–H and O–H groups in total. The normalized spacial score (nSPS) is 19.3. The van der Waals surface area contributed by atoms with Crippen LogP contribution in [0.3, 0.4) is 0 Å². The molecule has 3 aromatic carbocycles. The molecule has 0 spiro atoms. The number of halogens is 3. The van der Waals surface area contributed by atoms with E-state index in [-0.39, 0.29) is 24.3 Å². The van der Waals surface area contributed by atoms with Gasteiger partial charge in [-0.15, -0.1) is 0 Å². The van der Waals surface area contributed by atoms with Gasteiger partial charge in [-0.2, -0.15) is 13.2 Å². The second-order valence-electron chi connectivity index (χ2n) is 9.57. The Morgan fingerprint density at radius 3 is 2.59 bits per heavy atom. The molecule has 0 aliphatic heterocycles. The van der Waals surface area contributed by atoms with Crippen LogP contribution in [-0.2, 0) is 22.1 Å². The summed E-state index contributed by atoms with van der Waals surface area (Å²) in [7, 11) is 1.24. The van der Waals surface area contributed by atoms with E-state index in [2.05, 4.69) is 48.1 Å². The van der Waals surface area contributed by atoms with Gasteiger partial charge in [-0.25, -0.2) is 0 Å². The summed E-state index contributed by atoms with van der Waals surface area (Å²) in [4.78, 5) is 11.4. The molecule has 2 nitrogen and oxygen atoms in total. The number of aryl methyl sites for hydroxylation is 1. The third-order valence-electron chi connectivity index (χ3n) is 7.32. The Hall–Kier alpha value is -2.82. The van der Waals surface area contributed by atoms with Crippen LogP contribution in [0.4, 0.5) is 13.2 Å². The molecule has 1 aliphatic carbocycles. The number of ether oxygens (including phenoxy) is 1. The highest BCUT2D eigenvalue weighted by Crippen LogP contribution is 2.44. The van der Waals surface area contributed by atoms with Gasteiger partial charge in [-0.3, -0.25) is 4.79 Å². The lowest BCUT2D eigenvalue weighted by molar-refractivity contribution is -0.142. The van der Waals surface area contributed by atoms with Crippen molar-refractivity contribution in [1.29, 1.82) is 0 Å². The van der Waals surface area contributed by atoms with Gasteiger partial charge in [0.2, 0.25) is 0 Å². The van der Waals surface area contributed by atoms with Gasteiger partial charge in [0.15, 0.2) is 0 Å². The van der Waals surface area contributed by atoms with E-state index in [1.54, 1.807) is 6.07 Å². The number of benzene rings is 3. The number of hydrogen-bond acceptors (Lipinski definition) is 2. The number of carbonyl (C=O) groups excluding carboxylic acids is 1. The predicted molar refractivity (Wildman–Crippen MR) is 129 cm³/mol. The van der Waals surface area contributed by atoms with Crippen molar-refractivity contribution in [2.75, 3.05) is 7.11 Å². The van der Waals surface area contributed by atoms with Crippen molar-refractivity contribution in [2.45, 2.75) is 63.5 Å². The zero-order valence-electron chi connectivity index (χ0n) is 19.7. The fourth-order valence-electron chi connectivity index (χ4n) is 5.57. The van der Waals surface area contributed by atoms with E-state index < -0.39 is 17.7 Å². The number of carbonyl (C=O) groups is 1. The zero-order valence-corrected chi connectivity index (χ0v) is 19.7. The van der Waals surface area contributed by atoms with Crippen molar-refractivity contribution >= 4 is 16.7 Å². The molecule has 0 heterocycles. The van der Waals surface area contributed by atoms with Crippen molar-refractivity contribution in [3.63, 3.8) is 0 Å². The number of rotatable bonds is 7. The van der Waals surface area contributed by atoms with Crippen molar-refractivity contribution in [2.24, 2.45) is 5.92 Å². The van der Waals surface area contributed by atoms with Crippen molar-refractivity contribution in [1.82, 2.24) is 0 Å². The van der Waals surface area contributed by atoms with Crippen molar-refractivity contribution in [3.8, 4) is 0 Å². The summed E-state index contributed by atoms with van der Waals surface area (Å²) >= 11 is 0. The highest BCUT2D eigenvalue weighted by Gasteiger charge is 2.35. The van der Waals surface area contributed by atoms with Crippen LogP contribution in [0.2, 0.25) is 0 Å². The zero-order chi connectivity index (χ0) is 24.3. The van der Waals surface area contributed by atoms with Crippen molar-refractivity contribution in [3.05, 3.63) is 82.9 Å². The van der Waals surface area contributed by atoms with Crippen LogP contribution in [0.1, 0.15) is 73.1 Å². The predicted octanol–water partition coefficient (Wildman–Crippen LogP) is 8.04. The molecular weight excluding hydrogens is 437 g/mol. The largest absolute Gasteiger partial charge is 0.469 e. The van der Waals surface area contributed by atoms with E-state index in [0.29, 0.717) is 11.8 Å². The minimum Gasteiger partial charge on any atom is -0.469 e. The molecule has 0 saturated heterocycles. The maximum absolute atomic E-state index is 13.8. The van der Waals surface area contributed by atoms with Crippen LogP contribution in [0.15, 0.2) is 60.7 Å². The quantitative estimate of drug-likeness (QED) is 0.328. The fourth-order valence-corrected chi connectivity index (χ4v) is 5.57. The van der Waals surface area contributed by atoms with Crippen LogP contribution < -0.4 is 0 Å². The Morgan fingerprint density at radius 1 is 1.06 bits per heavy atom. The number of methoxy groups -OCH3 is 1. The lowest BCUT2D eigenvalue weighted by Gasteiger charge is -2.20. The molecule has 1 aliphatic rings. The third kappa shape index (κ3) is 5.45. The van der Waals surface area contributed by atoms with Gasteiger partial charge in [0.1, 0.15) is 0 Å². The van der Waals surface area contributed by atoms with Crippen molar-refractivity contribution < 1.29 is 22.7 Å². The van der Waals surface area contributed by atoms with Gasteiger partial charge in [-0.05, 0) is 83.4 Å². The van der Waals surface area contributed by atoms with Crippen LogP contribution in [0, 0.1) is 5.92 Å². The molecule has 0 unspecified atom stereocenters. The molecule has 34 heavy (non-hydrogen) atoms. The molecule has 3 atom stereocenters. The van der Waals surface area contributed by atoms with E-state index in [1.165, 1.54) is 29.5 Å². The number of esters is 1.